The van der Waals surface area contributed by atoms with Crippen molar-refractivity contribution < 1.29 is 33.3 Å². The molecule has 1 rings (SSSR count). The van der Waals surface area contributed by atoms with Crippen LogP contribution in [0.3, 0.4) is 0 Å². The Bertz CT molecular complexity index is 474. The molecule has 8 nitrogen and oxygen atoms in total. The highest BCUT2D eigenvalue weighted by Gasteiger charge is 2.46. The van der Waals surface area contributed by atoms with Gasteiger partial charge in [-0.2, -0.15) is 4.99 Å². The fourth-order valence-electron chi connectivity index (χ4n) is 1.89. The second kappa shape index (κ2) is 7.82. The first kappa shape index (κ1) is 17.2. The van der Waals surface area contributed by atoms with Crippen molar-refractivity contribution in [2.75, 3.05) is 6.61 Å². The zero-order valence-electron chi connectivity index (χ0n) is 11.7. The van der Waals surface area contributed by atoms with E-state index in [1.165, 1.54) is 20.8 Å². The van der Waals surface area contributed by atoms with Gasteiger partial charge in [0.2, 0.25) is 0 Å². The van der Waals surface area contributed by atoms with Gasteiger partial charge in [0.15, 0.2) is 24.5 Å². The van der Waals surface area contributed by atoms with Crippen LogP contribution in [0.25, 0.3) is 0 Å². The number of ether oxygens (including phenoxy) is 4. The number of esters is 3. The van der Waals surface area contributed by atoms with Gasteiger partial charge in [0.05, 0.1) is 11.8 Å². The summed E-state index contributed by atoms with van der Waals surface area (Å²) >= 11 is 4.49. The minimum Gasteiger partial charge on any atom is -0.456 e. The molecule has 4 atom stereocenters. The van der Waals surface area contributed by atoms with Crippen molar-refractivity contribution in [1.29, 1.82) is 0 Å². The third kappa shape index (κ3) is 5.22. The van der Waals surface area contributed by atoms with Crippen LogP contribution in [-0.2, 0) is 33.3 Å². The Morgan fingerprint density at radius 3 is 2.05 bits per heavy atom. The Kier molecular flexibility index (Phi) is 6.41. The molecular formula is C12H15NO7S. The lowest BCUT2D eigenvalue weighted by molar-refractivity contribution is -0.224. The van der Waals surface area contributed by atoms with Gasteiger partial charge in [-0.25, -0.2) is 0 Å². The molecule has 9 heteroatoms. The number of thiocarbonyl (C=S) groups is 1. The van der Waals surface area contributed by atoms with Crippen LogP contribution in [0.5, 0.6) is 0 Å². The van der Waals surface area contributed by atoms with Crippen LogP contribution in [0.1, 0.15) is 20.8 Å². The van der Waals surface area contributed by atoms with Crippen molar-refractivity contribution in [2.45, 2.75) is 45.3 Å². The smallest absolute Gasteiger partial charge is 0.303 e. The van der Waals surface area contributed by atoms with Crippen LogP contribution in [0.4, 0.5) is 0 Å². The zero-order chi connectivity index (χ0) is 16.0. The summed E-state index contributed by atoms with van der Waals surface area (Å²) in [4.78, 5) is 37.3. The van der Waals surface area contributed by atoms with E-state index in [0.717, 1.165) is 0 Å². The molecule has 0 spiro atoms. The standard InChI is InChI=1S/C12H15NO7S/c1-6(14)18-9-4-17-12(13-5-21)11(20-8(3)16)10(9)19-7(2)15/h9-12H,4H2,1-3H3/t9-,10+,11-,12-/m1/s1. The van der Waals surface area contributed by atoms with Gasteiger partial charge in [0.1, 0.15) is 0 Å². The molecule has 0 aliphatic carbocycles. The molecule has 0 amide bonds. The van der Waals surface area contributed by atoms with E-state index in [0.29, 0.717) is 0 Å². The SMILES string of the molecule is CC(=O)O[C@@H]1[C@@H](OC(C)=O)[C@H](OC(C)=O)CO[C@H]1N=C=S. The predicted molar refractivity (Wildman–Crippen MR) is 71.4 cm³/mol. The van der Waals surface area contributed by atoms with Crippen molar-refractivity contribution in [3.8, 4) is 0 Å². The van der Waals surface area contributed by atoms with Crippen molar-refractivity contribution >= 4 is 35.3 Å². The number of carbonyl (C=O) groups is 3. The normalized spacial score (nSPS) is 28.0. The van der Waals surface area contributed by atoms with Crippen LogP contribution in [0.2, 0.25) is 0 Å². The highest BCUT2D eigenvalue weighted by molar-refractivity contribution is 7.78. The van der Waals surface area contributed by atoms with Gasteiger partial charge in [0.25, 0.3) is 0 Å². The van der Waals surface area contributed by atoms with Gasteiger partial charge in [0, 0.05) is 20.8 Å². The first-order valence-electron chi connectivity index (χ1n) is 6.05. The number of aliphatic imine (C=N–C) groups is 1. The maximum absolute atomic E-state index is 11.2. The van der Waals surface area contributed by atoms with E-state index < -0.39 is 42.4 Å². The molecule has 1 saturated heterocycles. The summed E-state index contributed by atoms with van der Waals surface area (Å²) in [7, 11) is 0. The number of hydrogen-bond donors (Lipinski definition) is 0. The summed E-state index contributed by atoms with van der Waals surface area (Å²) in [6.45, 7) is 3.48. The van der Waals surface area contributed by atoms with Crippen LogP contribution < -0.4 is 0 Å². The summed E-state index contributed by atoms with van der Waals surface area (Å²) in [5, 5.41) is 2.11. The van der Waals surface area contributed by atoms with Gasteiger partial charge >= 0.3 is 17.9 Å². The molecule has 1 heterocycles. The molecule has 21 heavy (non-hydrogen) atoms. The predicted octanol–water partition coefficient (Wildman–Crippen LogP) is 0.241. The molecule has 0 radical (unpaired) electrons. The van der Waals surface area contributed by atoms with Crippen molar-refractivity contribution in [1.82, 2.24) is 0 Å². The number of carbonyl (C=O) groups excluding carboxylic acids is 3. The Morgan fingerprint density at radius 1 is 1.05 bits per heavy atom. The van der Waals surface area contributed by atoms with Gasteiger partial charge in [-0.15, -0.1) is 0 Å². The van der Waals surface area contributed by atoms with Crippen molar-refractivity contribution in [3.63, 3.8) is 0 Å². The molecule has 0 aromatic rings. The molecule has 0 unspecified atom stereocenters. The first-order valence-corrected chi connectivity index (χ1v) is 6.46. The minimum atomic E-state index is -1.08. The quantitative estimate of drug-likeness (QED) is 0.314. The van der Waals surface area contributed by atoms with Crippen molar-refractivity contribution in [3.05, 3.63) is 0 Å². The van der Waals surface area contributed by atoms with Crippen molar-refractivity contribution in [2.24, 2.45) is 4.99 Å². The Hall–Kier alpha value is -1.83. The summed E-state index contributed by atoms with van der Waals surface area (Å²) in [6.07, 6.45) is -4.02. The molecule has 0 aromatic carbocycles. The third-order valence-corrected chi connectivity index (χ3v) is 2.61. The molecule has 1 fully saturated rings. The fourth-order valence-corrected chi connectivity index (χ4v) is 1.99. The van der Waals surface area contributed by atoms with Crippen LogP contribution in [0.15, 0.2) is 4.99 Å². The number of rotatable bonds is 4. The lowest BCUT2D eigenvalue weighted by Gasteiger charge is -2.38. The number of isothiocyanates is 1. The molecule has 0 N–H and O–H groups in total. The van der Waals surface area contributed by atoms with E-state index in [9.17, 15) is 14.4 Å². The Labute approximate surface area is 126 Å². The number of nitrogens with zero attached hydrogens (tertiary/aromatic N) is 1. The molecular weight excluding hydrogens is 302 g/mol. The average molecular weight is 317 g/mol. The lowest BCUT2D eigenvalue weighted by atomic mass is 10.0. The summed E-state index contributed by atoms with van der Waals surface area (Å²) in [6, 6.07) is 0. The maximum Gasteiger partial charge on any atom is 0.303 e. The largest absolute Gasteiger partial charge is 0.456 e. The summed E-state index contributed by atoms with van der Waals surface area (Å²) in [5.41, 5.74) is 0. The Balaban J connectivity index is 3.05. The topological polar surface area (TPSA) is 100 Å². The van der Waals surface area contributed by atoms with E-state index in [-0.39, 0.29) is 6.61 Å². The first-order chi connectivity index (χ1) is 9.85. The minimum absolute atomic E-state index is 0.0829. The monoisotopic (exact) mass is 317 g/mol. The molecule has 1 aliphatic heterocycles. The van der Waals surface area contributed by atoms with E-state index in [1.807, 2.05) is 0 Å². The fraction of sp³-hybridized carbons (Fsp3) is 0.667. The van der Waals surface area contributed by atoms with Gasteiger partial charge < -0.3 is 18.9 Å². The van der Waals surface area contributed by atoms with E-state index in [4.69, 9.17) is 18.9 Å². The van der Waals surface area contributed by atoms with Gasteiger partial charge in [-0.3, -0.25) is 14.4 Å². The highest BCUT2D eigenvalue weighted by atomic mass is 32.1. The van der Waals surface area contributed by atoms with Crippen LogP contribution in [0, 0.1) is 0 Å². The number of hydrogen-bond acceptors (Lipinski definition) is 9. The average Bonchev–Trinajstić information content (AvgIpc) is 2.35. The van der Waals surface area contributed by atoms with E-state index >= 15 is 0 Å². The molecule has 1 aliphatic rings. The second-order valence-electron chi connectivity index (χ2n) is 4.24. The maximum atomic E-state index is 11.2. The third-order valence-electron chi connectivity index (χ3n) is 2.50. The zero-order valence-corrected chi connectivity index (χ0v) is 12.5. The molecule has 0 aromatic heterocycles. The van der Waals surface area contributed by atoms with Gasteiger partial charge in [-0.05, 0) is 12.2 Å². The Morgan fingerprint density at radius 2 is 1.57 bits per heavy atom. The van der Waals surface area contributed by atoms with Crippen LogP contribution in [-0.4, -0.2) is 54.2 Å². The lowest BCUT2D eigenvalue weighted by Crippen LogP contribution is -2.56. The molecule has 0 bridgehead atoms. The molecule has 116 valence electrons. The van der Waals surface area contributed by atoms with Gasteiger partial charge in [-0.1, -0.05) is 0 Å². The summed E-state index contributed by atoms with van der Waals surface area (Å²) < 4.78 is 20.5. The second-order valence-corrected chi connectivity index (χ2v) is 4.42. The van der Waals surface area contributed by atoms with E-state index in [1.54, 1.807) is 0 Å². The highest BCUT2D eigenvalue weighted by Crippen LogP contribution is 2.24. The summed E-state index contributed by atoms with van der Waals surface area (Å²) in [5.74, 6) is -1.84. The molecule has 0 saturated carbocycles. The van der Waals surface area contributed by atoms with Crippen LogP contribution >= 0.6 is 12.2 Å². The van der Waals surface area contributed by atoms with E-state index in [2.05, 4.69) is 22.4 Å².